The molecular formula is C24H23FN4O2S. The van der Waals surface area contributed by atoms with Gasteiger partial charge in [0.2, 0.25) is 0 Å². The third-order valence-electron chi connectivity index (χ3n) is 5.16. The highest BCUT2D eigenvalue weighted by molar-refractivity contribution is 7.99. The second kappa shape index (κ2) is 9.00. The molecule has 3 aromatic rings. The third kappa shape index (κ3) is 4.60. The highest BCUT2D eigenvalue weighted by Crippen LogP contribution is 2.36. The van der Waals surface area contributed by atoms with Crippen LogP contribution in [0.5, 0.6) is 0 Å². The number of carbonyl (C=O) groups is 2. The van der Waals surface area contributed by atoms with Crippen molar-refractivity contribution in [3.63, 3.8) is 0 Å². The maximum absolute atomic E-state index is 13.3. The molecule has 6 nitrogen and oxygen atoms in total. The number of nitrogens with one attached hydrogen (secondary N) is 2. The van der Waals surface area contributed by atoms with Gasteiger partial charge in [-0.1, -0.05) is 6.07 Å². The fraction of sp³-hybridized carbons (Fsp3) is 0.208. The fourth-order valence-corrected chi connectivity index (χ4v) is 4.75. The molecule has 1 aliphatic rings. The molecule has 2 heterocycles. The minimum atomic E-state index is -0.358. The van der Waals surface area contributed by atoms with E-state index in [4.69, 9.17) is 0 Å². The summed E-state index contributed by atoms with van der Waals surface area (Å²) in [5, 5.41) is 6.53. The maximum atomic E-state index is 13.3. The number of hydrogen-bond acceptors (Lipinski definition) is 4. The van der Waals surface area contributed by atoms with Crippen molar-refractivity contribution in [2.45, 2.75) is 25.8 Å². The number of carbonyl (C=O) groups excluding carboxylic acids is 2. The van der Waals surface area contributed by atoms with E-state index in [1.807, 2.05) is 19.9 Å². The number of urea groups is 1. The number of aromatic nitrogens is 1. The maximum Gasteiger partial charge on any atom is 0.326 e. The molecule has 8 heteroatoms. The van der Waals surface area contributed by atoms with E-state index >= 15 is 0 Å². The van der Waals surface area contributed by atoms with E-state index in [2.05, 4.69) is 15.6 Å². The molecule has 32 heavy (non-hydrogen) atoms. The van der Waals surface area contributed by atoms with Crippen LogP contribution in [-0.4, -0.2) is 29.2 Å². The monoisotopic (exact) mass is 450 g/mol. The molecule has 164 valence electrons. The molecule has 2 aromatic carbocycles. The Hall–Kier alpha value is -3.39. The van der Waals surface area contributed by atoms with E-state index < -0.39 is 0 Å². The molecule has 0 fully saturated rings. The zero-order chi connectivity index (χ0) is 22.8. The molecule has 4 rings (SSSR count). The van der Waals surface area contributed by atoms with Gasteiger partial charge in [0.25, 0.3) is 5.91 Å². The van der Waals surface area contributed by atoms with Crippen LogP contribution >= 0.6 is 11.8 Å². The second-order valence-electron chi connectivity index (χ2n) is 7.66. The molecule has 0 saturated heterocycles. The largest absolute Gasteiger partial charge is 0.326 e. The number of anilines is 3. The third-order valence-corrected chi connectivity index (χ3v) is 6.11. The van der Waals surface area contributed by atoms with Crippen LogP contribution in [0.4, 0.5) is 26.2 Å². The summed E-state index contributed by atoms with van der Waals surface area (Å²) in [7, 11) is 0. The van der Waals surface area contributed by atoms with Gasteiger partial charge >= 0.3 is 6.03 Å². The van der Waals surface area contributed by atoms with E-state index in [1.54, 1.807) is 47.9 Å². The summed E-state index contributed by atoms with van der Waals surface area (Å²) >= 11 is 1.64. The lowest BCUT2D eigenvalue weighted by Crippen LogP contribution is -2.39. The van der Waals surface area contributed by atoms with Crippen molar-refractivity contribution in [1.29, 1.82) is 0 Å². The van der Waals surface area contributed by atoms with Crippen LogP contribution in [0.2, 0.25) is 0 Å². The molecule has 0 spiro atoms. The number of aryl methyl sites for hydroxylation is 3. The number of pyridine rings is 1. The summed E-state index contributed by atoms with van der Waals surface area (Å²) in [5.41, 5.74) is 4.80. The molecule has 0 unspecified atom stereocenters. The van der Waals surface area contributed by atoms with E-state index in [9.17, 15) is 14.0 Å². The zero-order valence-electron chi connectivity index (χ0n) is 18.0. The Kier molecular flexibility index (Phi) is 6.14. The number of rotatable bonds is 3. The predicted octanol–water partition coefficient (Wildman–Crippen LogP) is 5.54. The summed E-state index contributed by atoms with van der Waals surface area (Å²) in [6.45, 7) is 6.21. The van der Waals surface area contributed by atoms with Crippen molar-refractivity contribution in [1.82, 2.24) is 4.98 Å². The quantitative estimate of drug-likeness (QED) is 0.549. The minimum Gasteiger partial charge on any atom is -0.322 e. The zero-order valence-corrected chi connectivity index (χ0v) is 18.8. The molecule has 0 aliphatic carbocycles. The lowest BCUT2D eigenvalue weighted by Gasteiger charge is -2.30. The van der Waals surface area contributed by atoms with Gasteiger partial charge in [-0.15, -0.1) is 11.8 Å². The average Bonchev–Trinajstić information content (AvgIpc) is 2.75. The van der Waals surface area contributed by atoms with Gasteiger partial charge in [-0.2, -0.15) is 0 Å². The molecule has 1 aliphatic heterocycles. The number of halogens is 1. The van der Waals surface area contributed by atoms with Crippen LogP contribution in [-0.2, 0) is 0 Å². The lowest BCUT2D eigenvalue weighted by molar-refractivity contribution is 0.102. The number of hydrogen-bond donors (Lipinski definition) is 2. The van der Waals surface area contributed by atoms with Gasteiger partial charge in [-0.05, 0) is 74.4 Å². The first-order chi connectivity index (χ1) is 15.3. The summed E-state index contributed by atoms with van der Waals surface area (Å²) in [4.78, 5) is 32.0. The summed E-state index contributed by atoms with van der Waals surface area (Å²) < 4.78 is 13.3. The van der Waals surface area contributed by atoms with Crippen LogP contribution in [0.15, 0.2) is 53.6 Å². The molecule has 2 N–H and O–H groups in total. The smallest absolute Gasteiger partial charge is 0.322 e. The first kappa shape index (κ1) is 21.8. The second-order valence-corrected chi connectivity index (χ2v) is 8.74. The van der Waals surface area contributed by atoms with Gasteiger partial charge in [0.15, 0.2) is 0 Å². The van der Waals surface area contributed by atoms with Gasteiger partial charge < -0.3 is 10.6 Å². The Morgan fingerprint density at radius 2 is 1.84 bits per heavy atom. The summed E-state index contributed by atoms with van der Waals surface area (Å²) in [6, 6.07) is 12.6. The molecule has 0 atom stereocenters. The minimum absolute atomic E-state index is 0.271. The van der Waals surface area contributed by atoms with Gasteiger partial charge in [0, 0.05) is 34.9 Å². The fourth-order valence-electron chi connectivity index (χ4n) is 3.66. The normalized spacial score (nSPS) is 12.8. The van der Waals surface area contributed by atoms with Crippen LogP contribution in [0, 0.1) is 26.6 Å². The van der Waals surface area contributed by atoms with E-state index in [-0.39, 0.29) is 17.8 Å². The topological polar surface area (TPSA) is 74.3 Å². The van der Waals surface area contributed by atoms with Crippen molar-refractivity contribution in [3.05, 3.63) is 76.7 Å². The standard InChI is InChI=1S/C24H23FN4O2S/c1-14-12-18(25)7-8-20(14)28-22(30)17-5-4-6-19(13-17)27-24(31)29-9-10-32-23-21(29)15(2)11-16(3)26-23/h4-8,11-13H,9-10H2,1-3H3,(H,27,31)(H,28,30). The molecular weight excluding hydrogens is 427 g/mol. The predicted molar refractivity (Wildman–Crippen MR) is 126 cm³/mol. The van der Waals surface area contributed by atoms with Crippen molar-refractivity contribution in [3.8, 4) is 0 Å². The molecule has 0 bridgehead atoms. The average molecular weight is 451 g/mol. The number of nitrogens with zero attached hydrogens (tertiary/aromatic N) is 2. The van der Waals surface area contributed by atoms with Crippen LogP contribution < -0.4 is 15.5 Å². The Labute approximate surface area is 190 Å². The molecule has 0 saturated carbocycles. The van der Waals surface area contributed by atoms with E-state index in [1.165, 1.54) is 18.2 Å². The number of thioether (sulfide) groups is 1. The van der Waals surface area contributed by atoms with Gasteiger partial charge in [-0.25, -0.2) is 14.2 Å². The van der Waals surface area contributed by atoms with Crippen LogP contribution in [0.25, 0.3) is 0 Å². The van der Waals surface area contributed by atoms with Crippen molar-refractivity contribution in [2.24, 2.45) is 0 Å². The van der Waals surface area contributed by atoms with Crippen LogP contribution in [0.3, 0.4) is 0 Å². The Morgan fingerprint density at radius 3 is 2.62 bits per heavy atom. The van der Waals surface area contributed by atoms with E-state index in [0.29, 0.717) is 29.0 Å². The lowest BCUT2D eigenvalue weighted by atomic mass is 10.1. The number of fused-ring (bicyclic) bond motifs is 1. The molecule has 1 aromatic heterocycles. The highest BCUT2D eigenvalue weighted by Gasteiger charge is 2.26. The SMILES string of the molecule is Cc1cc(C)c2c(n1)SCCN2C(=O)Nc1cccc(C(=O)Nc2ccc(F)cc2C)c1. The van der Waals surface area contributed by atoms with E-state index in [0.717, 1.165) is 27.7 Å². The summed E-state index contributed by atoms with van der Waals surface area (Å²) in [5.74, 6) is 0.0602. The first-order valence-electron chi connectivity index (χ1n) is 10.2. The van der Waals surface area contributed by atoms with Crippen molar-refractivity contribution < 1.29 is 14.0 Å². The summed E-state index contributed by atoms with van der Waals surface area (Å²) in [6.07, 6.45) is 0. The number of amides is 3. The Balaban J connectivity index is 1.51. The highest BCUT2D eigenvalue weighted by atomic mass is 32.2. The molecule has 3 amide bonds. The van der Waals surface area contributed by atoms with Gasteiger partial charge in [0.1, 0.15) is 10.8 Å². The van der Waals surface area contributed by atoms with Gasteiger partial charge in [-0.3, -0.25) is 9.69 Å². The Bertz CT molecular complexity index is 1210. The number of benzene rings is 2. The molecule has 0 radical (unpaired) electrons. The Morgan fingerprint density at radius 1 is 1.03 bits per heavy atom. The first-order valence-corrected chi connectivity index (χ1v) is 11.2. The van der Waals surface area contributed by atoms with Gasteiger partial charge in [0.05, 0.1) is 5.69 Å². The van der Waals surface area contributed by atoms with Crippen molar-refractivity contribution in [2.75, 3.05) is 27.8 Å². The van der Waals surface area contributed by atoms with Crippen LogP contribution in [0.1, 0.15) is 27.2 Å². The van der Waals surface area contributed by atoms with Crippen molar-refractivity contribution >= 4 is 40.8 Å².